The third-order valence-electron chi connectivity index (χ3n) is 5.48. The molecule has 0 aliphatic carbocycles. The van der Waals surface area contributed by atoms with Crippen molar-refractivity contribution in [2.75, 3.05) is 12.1 Å². The monoisotopic (exact) mass is 513 g/mol. The molecule has 33 heavy (non-hydrogen) atoms. The Morgan fingerprint density at radius 3 is 2.36 bits per heavy atom. The Bertz CT molecular complexity index is 1320. The van der Waals surface area contributed by atoms with Gasteiger partial charge in [-0.2, -0.15) is 5.10 Å². The summed E-state index contributed by atoms with van der Waals surface area (Å²) in [5.74, 6) is 0.810. The molecule has 5 rings (SSSR count). The van der Waals surface area contributed by atoms with Gasteiger partial charge in [-0.1, -0.05) is 65.1 Å². The Hall–Kier alpha value is -2.57. The molecule has 1 aromatic heterocycles. The van der Waals surface area contributed by atoms with Gasteiger partial charge in [0.05, 0.1) is 29.6 Å². The van der Waals surface area contributed by atoms with Crippen LogP contribution in [0.5, 0.6) is 5.75 Å². The fraction of sp³-hybridized carbons (Fsp3) is 0.120. The van der Waals surface area contributed by atoms with Crippen LogP contribution in [0.2, 0.25) is 15.1 Å². The number of hydrogen-bond acceptors (Lipinski definition) is 5. The summed E-state index contributed by atoms with van der Waals surface area (Å²) in [7, 11) is 1.66. The minimum atomic E-state index is -0.0260. The molecule has 0 saturated carbocycles. The lowest BCUT2D eigenvalue weighted by Gasteiger charge is -2.21. The highest BCUT2D eigenvalue weighted by atomic mass is 35.5. The van der Waals surface area contributed by atoms with E-state index in [2.05, 4.69) is 12.1 Å². The summed E-state index contributed by atoms with van der Waals surface area (Å²) in [6.45, 7) is 0. The van der Waals surface area contributed by atoms with Crippen LogP contribution >= 0.6 is 46.1 Å². The van der Waals surface area contributed by atoms with E-state index in [4.69, 9.17) is 49.6 Å². The minimum Gasteiger partial charge on any atom is -0.497 e. The van der Waals surface area contributed by atoms with Gasteiger partial charge in [-0.05, 0) is 42.0 Å². The predicted octanol–water partition coefficient (Wildman–Crippen LogP) is 8.13. The van der Waals surface area contributed by atoms with E-state index in [1.165, 1.54) is 0 Å². The van der Waals surface area contributed by atoms with Crippen molar-refractivity contribution in [3.05, 3.63) is 98.3 Å². The summed E-state index contributed by atoms with van der Waals surface area (Å²) in [6, 6.07) is 21.2. The highest BCUT2D eigenvalue weighted by molar-refractivity contribution is 7.14. The molecular formula is C25H18Cl3N3OS. The first-order valence-corrected chi connectivity index (χ1v) is 12.2. The van der Waals surface area contributed by atoms with E-state index >= 15 is 0 Å². The number of rotatable bonds is 5. The lowest BCUT2D eigenvalue weighted by atomic mass is 9.98. The summed E-state index contributed by atoms with van der Waals surface area (Å²) in [6.07, 6.45) is 0.684. The molecule has 166 valence electrons. The maximum absolute atomic E-state index is 6.51. The van der Waals surface area contributed by atoms with Crippen molar-refractivity contribution in [2.24, 2.45) is 5.10 Å². The zero-order valence-electron chi connectivity index (χ0n) is 17.5. The van der Waals surface area contributed by atoms with Crippen molar-refractivity contribution in [3.8, 4) is 17.0 Å². The molecule has 2 heterocycles. The number of thiazole rings is 1. The summed E-state index contributed by atoms with van der Waals surface area (Å²) >= 11 is 20.2. The number of halogens is 3. The lowest BCUT2D eigenvalue weighted by Crippen LogP contribution is -2.18. The molecule has 1 aliphatic rings. The van der Waals surface area contributed by atoms with E-state index in [0.29, 0.717) is 21.5 Å². The van der Waals surface area contributed by atoms with Crippen LogP contribution in [-0.2, 0) is 0 Å². The fourth-order valence-electron chi connectivity index (χ4n) is 3.78. The third kappa shape index (κ3) is 4.59. The molecule has 0 fully saturated rings. The smallest absolute Gasteiger partial charge is 0.207 e. The maximum Gasteiger partial charge on any atom is 0.207 e. The molecule has 4 aromatic rings. The number of anilines is 1. The van der Waals surface area contributed by atoms with Crippen LogP contribution in [0.25, 0.3) is 11.3 Å². The molecule has 4 nitrogen and oxygen atoms in total. The molecule has 1 unspecified atom stereocenters. The molecule has 0 spiro atoms. The van der Waals surface area contributed by atoms with Gasteiger partial charge in [0.2, 0.25) is 5.13 Å². The lowest BCUT2D eigenvalue weighted by molar-refractivity contribution is 0.414. The van der Waals surface area contributed by atoms with Crippen molar-refractivity contribution >= 4 is 57.0 Å². The number of methoxy groups -OCH3 is 1. The molecule has 0 bridgehead atoms. The van der Waals surface area contributed by atoms with Crippen LogP contribution in [-0.4, -0.2) is 17.8 Å². The van der Waals surface area contributed by atoms with E-state index in [-0.39, 0.29) is 6.04 Å². The van der Waals surface area contributed by atoms with Gasteiger partial charge in [0, 0.05) is 33.0 Å². The number of hydrogen-bond donors (Lipinski definition) is 0. The topological polar surface area (TPSA) is 37.7 Å². The maximum atomic E-state index is 6.51. The van der Waals surface area contributed by atoms with Crippen molar-refractivity contribution in [1.82, 2.24) is 4.98 Å². The highest BCUT2D eigenvalue weighted by Gasteiger charge is 2.32. The normalized spacial score (nSPS) is 15.6. The van der Waals surface area contributed by atoms with Crippen LogP contribution in [0.1, 0.15) is 23.6 Å². The van der Waals surface area contributed by atoms with E-state index in [0.717, 1.165) is 39.0 Å². The standard InChI is InChI=1S/C25H18Cl3N3OS/c1-32-19-9-4-16(5-10-19)24-13-22(20-11-8-18(27)12-21(20)28)30-31(24)25-29-23(14-33-25)15-2-6-17(26)7-3-15/h2-12,14,24H,13H2,1H3. The second-order valence-electron chi connectivity index (χ2n) is 7.53. The Balaban J connectivity index is 1.54. The predicted molar refractivity (Wildman–Crippen MR) is 138 cm³/mol. The quantitative estimate of drug-likeness (QED) is 0.270. The summed E-state index contributed by atoms with van der Waals surface area (Å²) in [5.41, 5.74) is 4.76. The van der Waals surface area contributed by atoms with Crippen LogP contribution < -0.4 is 9.75 Å². The van der Waals surface area contributed by atoms with Crippen molar-refractivity contribution < 1.29 is 4.74 Å². The van der Waals surface area contributed by atoms with Crippen LogP contribution in [0.3, 0.4) is 0 Å². The molecule has 8 heteroatoms. The molecule has 1 aliphatic heterocycles. The Kier molecular flexibility index (Phi) is 6.30. The van der Waals surface area contributed by atoms with E-state index in [9.17, 15) is 0 Å². The first kappa shape index (κ1) is 22.2. The van der Waals surface area contributed by atoms with Gasteiger partial charge in [-0.15, -0.1) is 11.3 Å². The van der Waals surface area contributed by atoms with Crippen LogP contribution in [0.15, 0.2) is 77.2 Å². The Morgan fingerprint density at radius 1 is 0.939 bits per heavy atom. The van der Waals surface area contributed by atoms with Gasteiger partial charge in [-0.25, -0.2) is 9.99 Å². The van der Waals surface area contributed by atoms with Gasteiger partial charge in [-0.3, -0.25) is 0 Å². The van der Waals surface area contributed by atoms with E-state index in [1.807, 2.05) is 58.9 Å². The first-order valence-electron chi connectivity index (χ1n) is 10.2. The second kappa shape index (κ2) is 9.35. The Morgan fingerprint density at radius 2 is 1.67 bits per heavy atom. The van der Waals surface area contributed by atoms with Crippen molar-refractivity contribution in [2.45, 2.75) is 12.5 Å². The molecule has 0 amide bonds. The van der Waals surface area contributed by atoms with E-state index < -0.39 is 0 Å². The van der Waals surface area contributed by atoms with Gasteiger partial charge in [0.15, 0.2) is 0 Å². The van der Waals surface area contributed by atoms with Gasteiger partial charge >= 0.3 is 0 Å². The second-order valence-corrected chi connectivity index (χ2v) is 9.65. The SMILES string of the molecule is COc1ccc(C2CC(c3ccc(Cl)cc3Cl)=NN2c2nc(-c3ccc(Cl)cc3)cs2)cc1. The molecule has 3 aromatic carbocycles. The molecule has 1 atom stereocenters. The first-order chi connectivity index (χ1) is 16.0. The number of ether oxygens (including phenoxy) is 1. The average molecular weight is 515 g/mol. The number of benzene rings is 3. The van der Waals surface area contributed by atoms with Gasteiger partial charge < -0.3 is 4.74 Å². The minimum absolute atomic E-state index is 0.0260. The third-order valence-corrected chi connectivity index (χ3v) is 7.11. The van der Waals surface area contributed by atoms with Gasteiger partial charge in [0.1, 0.15) is 5.75 Å². The number of nitrogens with zero attached hydrogens (tertiary/aromatic N) is 3. The Labute approximate surface area is 211 Å². The molecule has 0 N–H and O–H groups in total. The van der Waals surface area contributed by atoms with E-state index in [1.54, 1.807) is 24.5 Å². The summed E-state index contributed by atoms with van der Waals surface area (Å²) in [4.78, 5) is 4.88. The molecular weight excluding hydrogens is 497 g/mol. The zero-order valence-corrected chi connectivity index (χ0v) is 20.6. The number of hydrazone groups is 1. The highest BCUT2D eigenvalue weighted by Crippen LogP contribution is 2.40. The number of aromatic nitrogens is 1. The largest absolute Gasteiger partial charge is 0.497 e. The summed E-state index contributed by atoms with van der Waals surface area (Å²) in [5, 5.41) is 11.7. The van der Waals surface area contributed by atoms with Crippen molar-refractivity contribution in [3.63, 3.8) is 0 Å². The molecule has 0 saturated heterocycles. The van der Waals surface area contributed by atoms with Crippen LogP contribution in [0, 0.1) is 0 Å². The zero-order chi connectivity index (χ0) is 22.9. The van der Waals surface area contributed by atoms with Gasteiger partial charge in [0.25, 0.3) is 0 Å². The van der Waals surface area contributed by atoms with Crippen molar-refractivity contribution in [1.29, 1.82) is 0 Å². The molecule has 0 radical (unpaired) electrons. The van der Waals surface area contributed by atoms with Crippen LogP contribution in [0.4, 0.5) is 5.13 Å². The summed E-state index contributed by atoms with van der Waals surface area (Å²) < 4.78 is 5.33. The average Bonchev–Trinajstić information content (AvgIpc) is 3.47. The fourth-order valence-corrected chi connectivity index (χ4v) is 5.26.